The second-order valence-corrected chi connectivity index (χ2v) is 15.7. The van der Waals surface area contributed by atoms with E-state index in [0.29, 0.717) is 60.9 Å². The van der Waals surface area contributed by atoms with Crippen LogP contribution in [0.1, 0.15) is 44.0 Å². The van der Waals surface area contributed by atoms with Crippen molar-refractivity contribution in [1.29, 1.82) is 0 Å². The molecule has 7 rings (SSSR count). The summed E-state index contributed by atoms with van der Waals surface area (Å²) in [6.07, 6.45) is 5.19. The lowest BCUT2D eigenvalue weighted by Gasteiger charge is -2.31. The first kappa shape index (κ1) is 38.9. The minimum Gasteiger partial charge on any atom is -0.493 e. The van der Waals surface area contributed by atoms with Crippen molar-refractivity contribution in [3.05, 3.63) is 137 Å². The van der Waals surface area contributed by atoms with Gasteiger partial charge >= 0.3 is 0 Å². The van der Waals surface area contributed by atoms with Gasteiger partial charge in [0.15, 0.2) is 11.5 Å². The van der Waals surface area contributed by atoms with Gasteiger partial charge in [0.25, 0.3) is 21.8 Å². The molecule has 57 heavy (non-hydrogen) atoms. The molecule has 1 aliphatic heterocycles. The topological polar surface area (TPSA) is 183 Å². The first-order chi connectivity index (χ1) is 27.6. The molecule has 0 fully saturated rings. The number of benzene rings is 3. The zero-order valence-corrected chi connectivity index (χ0v) is 32.3. The number of carbonyl (C=O) groups is 2. The number of anilines is 3. The molecule has 2 amide bonds. The Bertz CT molecular complexity index is 2460. The largest absolute Gasteiger partial charge is 0.493 e. The molecule has 0 unspecified atom stereocenters. The number of aromatic nitrogens is 4. The molecule has 0 saturated carbocycles. The number of hydrogen-bond donors (Lipinski definition) is 4. The van der Waals surface area contributed by atoms with Gasteiger partial charge in [0.2, 0.25) is 0 Å². The Hall–Kier alpha value is -6.36. The molecule has 0 bridgehead atoms. The highest BCUT2D eigenvalue weighted by molar-refractivity contribution is 7.90. The van der Waals surface area contributed by atoms with E-state index in [4.69, 9.17) is 4.74 Å². The van der Waals surface area contributed by atoms with Crippen LogP contribution >= 0.6 is 0 Å². The SMILES string of the molecule is CN(C)CC[C@H](COc1ccccc1)Cc1ccc(S(=O)(=O)NC(=O)c2cccc(N3CCc4cccc(C(=O)Nc5cn6ncccc6n5)c4C3)n2)cc1NO. The van der Waals surface area contributed by atoms with Gasteiger partial charge in [0.05, 0.1) is 23.4 Å². The van der Waals surface area contributed by atoms with E-state index in [2.05, 4.69) is 35.5 Å². The Morgan fingerprint density at radius 1 is 0.947 bits per heavy atom. The molecular weight excluding hydrogens is 747 g/mol. The van der Waals surface area contributed by atoms with E-state index in [1.54, 1.807) is 53.3 Å². The minimum atomic E-state index is -4.37. The maximum atomic E-state index is 13.5. The molecule has 0 aliphatic carbocycles. The number of imidazole rings is 1. The standard InChI is InChI=1S/C41H43N9O6S/c1-48(2)21-18-28(27-56-31-10-4-3-5-11-31)23-30-16-17-32(24-36(30)46-53)57(54,55)47-41(52)35-13-7-14-38(43-35)49-22-19-29-9-6-12-33(34(29)25-49)40(51)45-37-26-50-39(44-37)15-8-20-42-50/h3-17,20,24,26,28,46,53H,18-19,21-23,25,27H2,1-2H3,(H,45,51)(H,47,52)/t28-/m0/s1. The van der Waals surface area contributed by atoms with Crippen molar-refractivity contribution in [3.63, 3.8) is 0 Å². The molecule has 1 atom stereocenters. The van der Waals surface area contributed by atoms with Crippen LogP contribution in [0.15, 0.2) is 114 Å². The summed E-state index contributed by atoms with van der Waals surface area (Å²) in [5.41, 5.74) is 5.83. The number of fused-ring (bicyclic) bond motifs is 2. The summed E-state index contributed by atoms with van der Waals surface area (Å²) in [6, 6.07) is 27.7. The zero-order chi connectivity index (χ0) is 39.9. The number of ether oxygens (including phenoxy) is 1. The average molecular weight is 790 g/mol. The van der Waals surface area contributed by atoms with Gasteiger partial charge in [-0.1, -0.05) is 42.5 Å². The molecule has 1 aliphatic rings. The van der Waals surface area contributed by atoms with Crippen LogP contribution < -0.4 is 25.2 Å². The Balaban J connectivity index is 1.03. The fraction of sp³-hybridized carbons (Fsp3) is 0.244. The Morgan fingerprint density at radius 2 is 1.77 bits per heavy atom. The van der Waals surface area contributed by atoms with Crippen molar-refractivity contribution in [2.45, 2.75) is 30.7 Å². The first-order valence-electron chi connectivity index (χ1n) is 18.4. The monoisotopic (exact) mass is 789 g/mol. The summed E-state index contributed by atoms with van der Waals surface area (Å²) in [5, 5.41) is 17.1. The van der Waals surface area contributed by atoms with Gasteiger partial charge in [-0.2, -0.15) is 5.10 Å². The molecule has 0 saturated heterocycles. The fourth-order valence-electron chi connectivity index (χ4n) is 6.75. The maximum absolute atomic E-state index is 13.5. The van der Waals surface area contributed by atoms with Gasteiger partial charge in [-0.25, -0.2) is 27.6 Å². The van der Waals surface area contributed by atoms with Gasteiger partial charge in [0.1, 0.15) is 17.3 Å². The quantitative estimate of drug-likeness (QED) is 0.102. The van der Waals surface area contributed by atoms with Gasteiger partial charge in [-0.15, -0.1) is 0 Å². The van der Waals surface area contributed by atoms with Crippen molar-refractivity contribution in [3.8, 4) is 5.75 Å². The van der Waals surface area contributed by atoms with E-state index in [1.165, 1.54) is 18.2 Å². The summed E-state index contributed by atoms with van der Waals surface area (Å²) < 4.78 is 36.8. The highest BCUT2D eigenvalue weighted by Gasteiger charge is 2.26. The summed E-state index contributed by atoms with van der Waals surface area (Å²) in [4.78, 5) is 39.6. The normalized spacial score (nSPS) is 13.2. The van der Waals surface area contributed by atoms with E-state index < -0.39 is 15.9 Å². The van der Waals surface area contributed by atoms with E-state index in [-0.39, 0.29) is 28.1 Å². The van der Waals surface area contributed by atoms with Crippen molar-refractivity contribution >= 4 is 44.8 Å². The van der Waals surface area contributed by atoms with Crippen LogP contribution in [0.25, 0.3) is 5.65 Å². The lowest BCUT2D eigenvalue weighted by atomic mass is 9.94. The lowest BCUT2D eigenvalue weighted by molar-refractivity contribution is 0.0975. The summed E-state index contributed by atoms with van der Waals surface area (Å²) in [7, 11) is -0.390. The molecule has 15 nitrogen and oxygen atoms in total. The van der Waals surface area contributed by atoms with Crippen LogP contribution in [0.2, 0.25) is 0 Å². The number of nitrogens with zero attached hydrogens (tertiary/aromatic N) is 6. The third kappa shape index (κ3) is 9.37. The third-order valence-corrected chi connectivity index (χ3v) is 11.1. The van der Waals surface area contributed by atoms with Crippen molar-refractivity contribution in [1.82, 2.24) is 29.2 Å². The van der Waals surface area contributed by atoms with Crippen LogP contribution in [0.4, 0.5) is 17.3 Å². The highest BCUT2D eigenvalue weighted by Crippen LogP contribution is 2.28. The molecule has 4 N–H and O–H groups in total. The van der Waals surface area contributed by atoms with Crippen molar-refractivity contribution in [2.24, 2.45) is 5.92 Å². The first-order valence-corrected chi connectivity index (χ1v) is 19.9. The van der Waals surface area contributed by atoms with E-state index >= 15 is 0 Å². The van der Waals surface area contributed by atoms with E-state index in [9.17, 15) is 23.2 Å². The number of para-hydroxylation sites is 1. The van der Waals surface area contributed by atoms with Crippen LogP contribution in [-0.4, -0.2) is 83.7 Å². The van der Waals surface area contributed by atoms with Crippen molar-refractivity contribution < 1.29 is 28.0 Å². The summed E-state index contributed by atoms with van der Waals surface area (Å²) in [6.45, 7) is 2.13. The second kappa shape index (κ2) is 17.2. The summed E-state index contributed by atoms with van der Waals surface area (Å²) >= 11 is 0. The fourth-order valence-corrected chi connectivity index (χ4v) is 7.74. The second-order valence-electron chi connectivity index (χ2n) is 14.1. The molecule has 6 aromatic rings. The number of rotatable bonds is 15. The van der Waals surface area contributed by atoms with E-state index in [1.807, 2.05) is 61.5 Å². The predicted molar refractivity (Wildman–Crippen MR) is 215 cm³/mol. The highest BCUT2D eigenvalue weighted by atomic mass is 32.2. The Labute approximate surface area is 330 Å². The summed E-state index contributed by atoms with van der Waals surface area (Å²) in [5.74, 6) is 0.381. The molecule has 0 spiro atoms. The van der Waals surface area contributed by atoms with E-state index in [0.717, 1.165) is 29.8 Å². The molecule has 3 aromatic carbocycles. The average Bonchev–Trinajstić information content (AvgIpc) is 3.64. The zero-order valence-electron chi connectivity index (χ0n) is 31.5. The molecule has 4 heterocycles. The Kier molecular flexibility index (Phi) is 11.7. The predicted octanol–water partition coefficient (Wildman–Crippen LogP) is 5.05. The van der Waals surface area contributed by atoms with Crippen LogP contribution in [0.3, 0.4) is 0 Å². The lowest BCUT2D eigenvalue weighted by Crippen LogP contribution is -2.34. The van der Waals surface area contributed by atoms with Crippen LogP contribution in [0, 0.1) is 5.92 Å². The smallest absolute Gasteiger partial charge is 0.283 e. The maximum Gasteiger partial charge on any atom is 0.283 e. The molecule has 3 aromatic heterocycles. The molecule has 16 heteroatoms. The van der Waals surface area contributed by atoms with Gasteiger partial charge in [0, 0.05) is 24.8 Å². The van der Waals surface area contributed by atoms with Crippen molar-refractivity contribution in [2.75, 3.05) is 49.5 Å². The molecular formula is C41H43N9O6S. The van der Waals surface area contributed by atoms with Crippen LogP contribution in [0.5, 0.6) is 5.75 Å². The molecule has 0 radical (unpaired) electrons. The van der Waals surface area contributed by atoms with Gasteiger partial charge in [-0.05, 0) is 117 Å². The number of pyridine rings is 1. The Morgan fingerprint density at radius 3 is 2.56 bits per heavy atom. The number of hydrogen-bond acceptors (Lipinski definition) is 12. The number of sulfonamides is 1. The number of amides is 2. The third-order valence-electron chi connectivity index (χ3n) is 9.75. The minimum absolute atomic E-state index is 0.0540. The number of nitrogens with one attached hydrogen (secondary N) is 3. The van der Waals surface area contributed by atoms with Gasteiger partial charge in [-0.3, -0.25) is 20.3 Å². The van der Waals surface area contributed by atoms with Crippen LogP contribution in [-0.2, 0) is 29.4 Å². The molecule has 294 valence electrons. The van der Waals surface area contributed by atoms with Gasteiger partial charge < -0.3 is 19.9 Å². The number of carbonyl (C=O) groups excluding carboxylic acids is 2.